The normalized spacial score (nSPS) is 11.3. The lowest BCUT2D eigenvalue weighted by molar-refractivity contribution is -0.142. The van der Waals surface area contributed by atoms with E-state index < -0.39 is 23.8 Å². The van der Waals surface area contributed by atoms with E-state index in [0.717, 1.165) is 0 Å². The van der Waals surface area contributed by atoms with Gasteiger partial charge in [0.2, 0.25) is 11.8 Å². The minimum Gasteiger partial charge on any atom is -0.497 e. The lowest BCUT2D eigenvalue weighted by Gasteiger charge is -2.15. The quantitative estimate of drug-likeness (QED) is 0.637. The number of rotatable bonds is 7. The Morgan fingerprint density at radius 3 is 2.38 bits per heavy atom. The summed E-state index contributed by atoms with van der Waals surface area (Å²) in [5.41, 5.74) is 5.34. The molecular formula is C13H16N2O6. The number of benzene rings is 1. The van der Waals surface area contributed by atoms with Crippen LogP contribution < -0.4 is 20.5 Å². The number of carboxylic acids is 1. The highest BCUT2D eigenvalue weighted by molar-refractivity contribution is 5.93. The molecule has 0 aromatic heterocycles. The molecule has 1 unspecified atom stereocenters. The van der Waals surface area contributed by atoms with Gasteiger partial charge in [0.15, 0.2) is 6.04 Å². The molecule has 114 valence electrons. The van der Waals surface area contributed by atoms with Crippen LogP contribution in [0.15, 0.2) is 18.2 Å². The number of ether oxygens (including phenoxy) is 2. The van der Waals surface area contributed by atoms with Crippen molar-refractivity contribution < 1.29 is 29.0 Å². The molecule has 0 spiro atoms. The van der Waals surface area contributed by atoms with Crippen molar-refractivity contribution in [3.8, 4) is 11.5 Å². The average Bonchev–Trinajstić information content (AvgIpc) is 2.42. The van der Waals surface area contributed by atoms with Crippen LogP contribution in [0.3, 0.4) is 0 Å². The van der Waals surface area contributed by atoms with E-state index in [9.17, 15) is 14.4 Å². The van der Waals surface area contributed by atoms with Gasteiger partial charge in [-0.05, 0) is 12.1 Å². The van der Waals surface area contributed by atoms with E-state index in [-0.39, 0.29) is 17.9 Å². The van der Waals surface area contributed by atoms with E-state index >= 15 is 0 Å². The third kappa shape index (κ3) is 5.01. The number of methoxy groups -OCH3 is 1. The molecule has 0 aliphatic heterocycles. The van der Waals surface area contributed by atoms with Crippen LogP contribution in [0.1, 0.15) is 17.3 Å². The van der Waals surface area contributed by atoms with Gasteiger partial charge in [0, 0.05) is 18.6 Å². The second-order valence-corrected chi connectivity index (χ2v) is 4.16. The van der Waals surface area contributed by atoms with Crippen LogP contribution in [-0.2, 0) is 9.59 Å². The first-order chi connectivity index (χ1) is 9.83. The minimum absolute atomic E-state index is 0.163. The number of carboxylic acid groups (broad SMARTS) is 1. The van der Waals surface area contributed by atoms with Crippen LogP contribution in [-0.4, -0.2) is 42.6 Å². The van der Waals surface area contributed by atoms with Gasteiger partial charge in [-0.15, -0.1) is 0 Å². The van der Waals surface area contributed by atoms with Gasteiger partial charge in [-0.3, -0.25) is 9.59 Å². The number of carbonyl (C=O) groups excluding carboxylic acids is 2. The molecule has 1 aromatic rings. The second-order valence-electron chi connectivity index (χ2n) is 4.16. The molecule has 1 aromatic carbocycles. The summed E-state index contributed by atoms with van der Waals surface area (Å²) in [7, 11) is 1.40. The van der Waals surface area contributed by atoms with Gasteiger partial charge in [0.05, 0.1) is 7.11 Å². The molecule has 0 fully saturated rings. The van der Waals surface area contributed by atoms with Crippen molar-refractivity contribution in [3.05, 3.63) is 23.8 Å². The largest absolute Gasteiger partial charge is 0.497 e. The summed E-state index contributed by atoms with van der Waals surface area (Å²) in [6.07, 6.45) is 0. The summed E-state index contributed by atoms with van der Waals surface area (Å²) in [5, 5.41) is 11.2. The molecule has 8 heteroatoms. The molecule has 1 atom stereocenters. The molecule has 0 aliphatic carbocycles. The van der Waals surface area contributed by atoms with Crippen molar-refractivity contribution in [1.82, 2.24) is 5.32 Å². The number of aliphatic carboxylic acids is 1. The molecule has 0 radical (unpaired) electrons. The Bertz CT molecular complexity index is 558. The Hall–Kier alpha value is -2.77. The molecule has 1 rings (SSSR count). The molecule has 0 aliphatic rings. The van der Waals surface area contributed by atoms with Gasteiger partial charge in [-0.1, -0.05) is 0 Å². The zero-order chi connectivity index (χ0) is 16.0. The minimum atomic E-state index is -1.23. The number of nitrogens with two attached hydrogens (primary N) is 1. The number of primary amides is 1. The predicted octanol–water partition coefficient (Wildman–Crippen LogP) is -0.238. The third-order valence-electron chi connectivity index (χ3n) is 2.49. The van der Waals surface area contributed by atoms with E-state index in [4.69, 9.17) is 20.3 Å². The van der Waals surface area contributed by atoms with Crippen molar-refractivity contribution >= 4 is 17.8 Å². The van der Waals surface area contributed by atoms with E-state index in [0.29, 0.717) is 5.75 Å². The summed E-state index contributed by atoms with van der Waals surface area (Å²) >= 11 is 0. The maximum absolute atomic E-state index is 11.2. The molecule has 0 bridgehead atoms. The summed E-state index contributed by atoms with van der Waals surface area (Å²) in [6.45, 7) is 0.896. The Morgan fingerprint density at radius 2 is 1.90 bits per heavy atom. The number of hydrogen-bond acceptors (Lipinski definition) is 5. The second kappa shape index (κ2) is 7.13. The van der Waals surface area contributed by atoms with Crippen molar-refractivity contribution in [3.63, 3.8) is 0 Å². The monoisotopic (exact) mass is 296 g/mol. The number of carbonyl (C=O) groups is 3. The summed E-state index contributed by atoms with van der Waals surface area (Å²) in [6, 6.07) is 3.06. The van der Waals surface area contributed by atoms with Gasteiger partial charge in [0.25, 0.3) is 0 Å². The molecule has 2 amide bonds. The molecule has 21 heavy (non-hydrogen) atoms. The maximum atomic E-state index is 11.2. The van der Waals surface area contributed by atoms with Crippen LogP contribution in [0.2, 0.25) is 0 Å². The zero-order valence-electron chi connectivity index (χ0n) is 11.6. The van der Waals surface area contributed by atoms with Gasteiger partial charge >= 0.3 is 5.97 Å². The van der Waals surface area contributed by atoms with Crippen LogP contribution in [0.5, 0.6) is 11.5 Å². The van der Waals surface area contributed by atoms with Gasteiger partial charge in [-0.25, -0.2) is 4.79 Å². The van der Waals surface area contributed by atoms with E-state index in [1.165, 1.54) is 32.2 Å². The highest BCUT2D eigenvalue weighted by Crippen LogP contribution is 2.22. The van der Waals surface area contributed by atoms with Crippen molar-refractivity contribution in [2.75, 3.05) is 13.7 Å². The fourth-order valence-corrected chi connectivity index (χ4v) is 1.51. The van der Waals surface area contributed by atoms with Crippen LogP contribution in [0.25, 0.3) is 0 Å². The molecule has 0 saturated heterocycles. The smallest absolute Gasteiger partial charge is 0.329 e. The zero-order valence-corrected chi connectivity index (χ0v) is 11.6. The fourth-order valence-electron chi connectivity index (χ4n) is 1.51. The Morgan fingerprint density at radius 1 is 1.29 bits per heavy atom. The van der Waals surface area contributed by atoms with Gasteiger partial charge in [0.1, 0.15) is 18.1 Å². The topological polar surface area (TPSA) is 128 Å². The van der Waals surface area contributed by atoms with E-state index in [2.05, 4.69) is 5.32 Å². The van der Waals surface area contributed by atoms with Crippen LogP contribution >= 0.6 is 0 Å². The predicted molar refractivity (Wildman–Crippen MR) is 72.2 cm³/mol. The van der Waals surface area contributed by atoms with Crippen molar-refractivity contribution in [1.29, 1.82) is 0 Å². The van der Waals surface area contributed by atoms with Crippen molar-refractivity contribution in [2.45, 2.75) is 13.0 Å². The van der Waals surface area contributed by atoms with Gasteiger partial charge < -0.3 is 25.6 Å². The molecule has 0 heterocycles. The summed E-state index contributed by atoms with van der Waals surface area (Å²) < 4.78 is 10.3. The maximum Gasteiger partial charge on any atom is 0.329 e. The Kier molecular flexibility index (Phi) is 5.53. The average molecular weight is 296 g/mol. The number of nitrogens with one attached hydrogen (secondary N) is 1. The third-order valence-corrected chi connectivity index (χ3v) is 2.49. The Labute approximate surface area is 120 Å². The number of amides is 2. The molecular weight excluding hydrogens is 280 g/mol. The lowest BCUT2D eigenvalue weighted by Crippen LogP contribution is -2.43. The molecule has 4 N–H and O–H groups in total. The van der Waals surface area contributed by atoms with Crippen molar-refractivity contribution in [2.24, 2.45) is 5.73 Å². The fraction of sp³-hybridized carbons (Fsp3) is 0.308. The van der Waals surface area contributed by atoms with Gasteiger partial charge in [-0.2, -0.15) is 0 Å². The highest BCUT2D eigenvalue weighted by atomic mass is 16.5. The van der Waals surface area contributed by atoms with E-state index in [1.807, 2.05) is 0 Å². The van der Waals surface area contributed by atoms with Crippen LogP contribution in [0, 0.1) is 0 Å². The summed E-state index contributed by atoms with van der Waals surface area (Å²) in [5.74, 6) is -1.85. The van der Waals surface area contributed by atoms with E-state index in [1.54, 1.807) is 0 Å². The first kappa shape index (κ1) is 16.3. The van der Waals surface area contributed by atoms with Crippen LogP contribution in [0.4, 0.5) is 0 Å². The molecule has 8 nitrogen and oxygen atoms in total. The summed E-state index contributed by atoms with van der Waals surface area (Å²) in [4.78, 5) is 33.0. The SMILES string of the molecule is COc1cc(OCC(NC(C)=O)C(=O)O)cc(C(N)=O)c1. The Balaban J connectivity index is 2.86. The lowest BCUT2D eigenvalue weighted by atomic mass is 10.2. The first-order valence-corrected chi connectivity index (χ1v) is 5.95. The number of hydrogen-bond donors (Lipinski definition) is 3. The standard InChI is InChI=1S/C13H16N2O6/c1-7(16)15-11(13(18)19)6-21-10-4-8(12(14)17)3-9(5-10)20-2/h3-5,11H,6H2,1-2H3,(H2,14,17)(H,15,16)(H,18,19). The first-order valence-electron chi connectivity index (χ1n) is 5.95. The highest BCUT2D eigenvalue weighted by Gasteiger charge is 2.19. The molecule has 0 saturated carbocycles.